The molecule has 0 aliphatic heterocycles. The molecule has 3 rings (SSSR count). The molecule has 0 aliphatic carbocycles. The fraction of sp³-hybridized carbons (Fsp3) is 0.200. The first-order chi connectivity index (χ1) is 13.1. The molecule has 0 atom stereocenters. The highest BCUT2D eigenvalue weighted by Crippen LogP contribution is 2.22. The van der Waals surface area contributed by atoms with Crippen LogP contribution in [0.25, 0.3) is 11.3 Å². The number of hydrogen-bond acceptors (Lipinski definition) is 4. The lowest BCUT2D eigenvalue weighted by Gasteiger charge is -2.08. The molecule has 1 amide bonds. The molecule has 5 nitrogen and oxygen atoms in total. The van der Waals surface area contributed by atoms with Gasteiger partial charge in [-0.15, -0.1) is 16.4 Å². The topological polar surface area (TPSA) is 55.6 Å². The lowest BCUT2D eigenvalue weighted by molar-refractivity contribution is -0.123. The maximum atomic E-state index is 12.1. The Morgan fingerprint density at radius 3 is 2.67 bits per heavy atom. The molecular formula is C20H20ClN3O2S. The van der Waals surface area contributed by atoms with Crippen molar-refractivity contribution in [3.63, 3.8) is 0 Å². The lowest BCUT2D eigenvalue weighted by Crippen LogP contribution is -2.28. The molecule has 0 spiro atoms. The number of thiazole rings is 1. The van der Waals surface area contributed by atoms with Crippen LogP contribution < -0.4 is 15.0 Å². The number of para-hydroxylation sites is 1. The van der Waals surface area contributed by atoms with E-state index in [0.717, 1.165) is 23.4 Å². The predicted molar refractivity (Wildman–Crippen MR) is 109 cm³/mol. The van der Waals surface area contributed by atoms with E-state index in [1.807, 2.05) is 72.3 Å². The van der Waals surface area contributed by atoms with E-state index < -0.39 is 0 Å². The van der Waals surface area contributed by atoms with Crippen molar-refractivity contribution in [1.29, 1.82) is 0 Å². The van der Waals surface area contributed by atoms with Crippen LogP contribution in [0.5, 0.6) is 5.75 Å². The standard InChI is InChI=1S/C20H20ClN3O2S/c1-3-24-17(15-8-10-16(21)11-9-15)13-27-20(24)23-22-19(25)12-26-18-7-5-4-6-14(18)2/h4-11,13H,3,12H2,1-2H3,(H,22,25)/b23-20-. The van der Waals surface area contributed by atoms with Crippen LogP contribution in [0.2, 0.25) is 5.02 Å². The van der Waals surface area contributed by atoms with E-state index in [9.17, 15) is 4.79 Å². The summed E-state index contributed by atoms with van der Waals surface area (Å²) >= 11 is 7.43. The molecule has 1 heterocycles. The van der Waals surface area contributed by atoms with Crippen LogP contribution >= 0.6 is 22.9 Å². The van der Waals surface area contributed by atoms with Gasteiger partial charge < -0.3 is 9.30 Å². The van der Waals surface area contributed by atoms with Crippen LogP contribution in [0.4, 0.5) is 0 Å². The minimum absolute atomic E-state index is 0.0874. The van der Waals surface area contributed by atoms with E-state index >= 15 is 0 Å². The molecule has 0 aliphatic rings. The number of hydrogen-bond donors (Lipinski definition) is 1. The number of amides is 1. The Labute approximate surface area is 166 Å². The molecule has 1 aromatic heterocycles. The van der Waals surface area contributed by atoms with E-state index in [-0.39, 0.29) is 12.5 Å². The van der Waals surface area contributed by atoms with Gasteiger partial charge in [-0.3, -0.25) is 4.79 Å². The number of nitrogens with zero attached hydrogens (tertiary/aromatic N) is 2. The summed E-state index contributed by atoms with van der Waals surface area (Å²) in [5, 5.41) is 6.96. The van der Waals surface area contributed by atoms with E-state index in [1.165, 1.54) is 11.3 Å². The Kier molecular flexibility index (Phi) is 6.32. The highest BCUT2D eigenvalue weighted by atomic mass is 35.5. The minimum atomic E-state index is -0.303. The zero-order valence-electron chi connectivity index (χ0n) is 15.1. The van der Waals surface area contributed by atoms with Crippen molar-refractivity contribution in [3.05, 3.63) is 69.3 Å². The first-order valence-electron chi connectivity index (χ1n) is 8.53. The van der Waals surface area contributed by atoms with Crippen LogP contribution in [0.1, 0.15) is 12.5 Å². The molecule has 0 saturated heterocycles. The Bertz CT molecular complexity index is 993. The number of aryl methyl sites for hydroxylation is 1. The summed E-state index contributed by atoms with van der Waals surface area (Å²) in [6.45, 7) is 4.62. The van der Waals surface area contributed by atoms with Gasteiger partial charge in [0.15, 0.2) is 6.61 Å². The van der Waals surface area contributed by atoms with Crippen molar-refractivity contribution in [3.8, 4) is 17.0 Å². The van der Waals surface area contributed by atoms with Gasteiger partial charge in [-0.25, -0.2) is 5.43 Å². The molecule has 0 radical (unpaired) electrons. The van der Waals surface area contributed by atoms with Crippen molar-refractivity contribution >= 4 is 28.8 Å². The number of carbonyl (C=O) groups is 1. The van der Waals surface area contributed by atoms with Gasteiger partial charge in [0.1, 0.15) is 5.75 Å². The Balaban J connectivity index is 1.70. The minimum Gasteiger partial charge on any atom is -0.483 e. The summed E-state index contributed by atoms with van der Waals surface area (Å²) in [5.41, 5.74) is 5.63. The molecule has 0 fully saturated rings. The third-order valence-corrected chi connectivity index (χ3v) is 5.10. The maximum Gasteiger partial charge on any atom is 0.278 e. The SMILES string of the molecule is CCn1c(-c2ccc(Cl)cc2)cs/c1=N\NC(=O)COc1ccccc1C. The zero-order chi connectivity index (χ0) is 19.2. The number of aromatic nitrogens is 1. The Morgan fingerprint density at radius 1 is 1.22 bits per heavy atom. The van der Waals surface area contributed by atoms with E-state index in [4.69, 9.17) is 16.3 Å². The predicted octanol–water partition coefficient (Wildman–Crippen LogP) is 4.21. The van der Waals surface area contributed by atoms with Crippen LogP contribution in [0.15, 0.2) is 59.0 Å². The van der Waals surface area contributed by atoms with Gasteiger partial charge in [0.25, 0.3) is 5.91 Å². The van der Waals surface area contributed by atoms with Crippen LogP contribution in [0.3, 0.4) is 0 Å². The maximum absolute atomic E-state index is 12.1. The third-order valence-electron chi connectivity index (χ3n) is 3.98. The number of halogens is 1. The van der Waals surface area contributed by atoms with Crippen LogP contribution in [-0.2, 0) is 11.3 Å². The van der Waals surface area contributed by atoms with Crippen molar-refractivity contribution in [2.24, 2.45) is 5.10 Å². The lowest BCUT2D eigenvalue weighted by atomic mass is 10.2. The summed E-state index contributed by atoms with van der Waals surface area (Å²) in [7, 11) is 0. The van der Waals surface area contributed by atoms with Crippen molar-refractivity contribution in [2.75, 3.05) is 6.61 Å². The van der Waals surface area contributed by atoms with Gasteiger partial charge >= 0.3 is 0 Å². The Hall–Kier alpha value is -2.57. The van der Waals surface area contributed by atoms with E-state index in [0.29, 0.717) is 15.6 Å². The van der Waals surface area contributed by atoms with Crippen molar-refractivity contribution in [2.45, 2.75) is 20.4 Å². The number of nitrogens with one attached hydrogen (secondary N) is 1. The molecule has 0 bridgehead atoms. The van der Waals surface area contributed by atoms with Gasteiger partial charge in [-0.1, -0.05) is 41.9 Å². The fourth-order valence-corrected chi connectivity index (χ4v) is 3.64. The first-order valence-corrected chi connectivity index (χ1v) is 9.79. The first kappa shape index (κ1) is 19.2. The summed E-state index contributed by atoms with van der Waals surface area (Å²) in [6.07, 6.45) is 0. The third kappa shape index (κ3) is 4.78. The van der Waals surface area contributed by atoms with Gasteiger partial charge in [-0.2, -0.15) is 0 Å². The average molecular weight is 402 g/mol. The second kappa shape index (κ2) is 8.88. The molecule has 7 heteroatoms. The number of carbonyl (C=O) groups excluding carboxylic acids is 1. The second-order valence-electron chi connectivity index (χ2n) is 5.86. The van der Waals surface area contributed by atoms with E-state index in [1.54, 1.807) is 0 Å². The molecule has 0 unspecified atom stereocenters. The van der Waals surface area contributed by atoms with Gasteiger partial charge in [-0.05, 0) is 43.2 Å². The van der Waals surface area contributed by atoms with Gasteiger partial charge in [0.2, 0.25) is 4.80 Å². The van der Waals surface area contributed by atoms with Gasteiger partial charge in [0, 0.05) is 16.9 Å². The normalized spacial score (nSPS) is 11.4. The summed E-state index contributed by atoms with van der Waals surface area (Å²) in [5.74, 6) is 0.389. The number of ether oxygens (including phenoxy) is 1. The molecule has 3 aromatic rings. The average Bonchev–Trinajstić information content (AvgIpc) is 3.09. The largest absolute Gasteiger partial charge is 0.483 e. The molecular weight excluding hydrogens is 382 g/mol. The summed E-state index contributed by atoms with van der Waals surface area (Å²) in [6, 6.07) is 15.2. The molecule has 2 aromatic carbocycles. The van der Waals surface area contributed by atoms with E-state index in [2.05, 4.69) is 10.5 Å². The van der Waals surface area contributed by atoms with Gasteiger partial charge in [0.05, 0.1) is 5.69 Å². The van der Waals surface area contributed by atoms with Crippen LogP contribution in [0, 0.1) is 6.92 Å². The molecule has 0 saturated carbocycles. The fourth-order valence-electron chi connectivity index (χ4n) is 2.58. The summed E-state index contributed by atoms with van der Waals surface area (Å²) in [4.78, 5) is 12.8. The van der Waals surface area contributed by atoms with Crippen LogP contribution in [-0.4, -0.2) is 17.1 Å². The van der Waals surface area contributed by atoms with Crippen molar-refractivity contribution < 1.29 is 9.53 Å². The zero-order valence-corrected chi connectivity index (χ0v) is 16.7. The Morgan fingerprint density at radius 2 is 1.96 bits per heavy atom. The van der Waals surface area contributed by atoms with Crippen molar-refractivity contribution in [1.82, 2.24) is 9.99 Å². The smallest absolute Gasteiger partial charge is 0.278 e. The second-order valence-corrected chi connectivity index (χ2v) is 7.13. The molecule has 140 valence electrons. The molecule has 27 heavy (non-hydrogen) atoms. The highest BCUT2D eigenvalue weighted by molar-refractivity contribution is 7.07. The molecule has 1 N–H and O–H groups in total. The monoisotopic (exact) mass is 401 g/mol. The quantitative estimate of drug-likeness (QED) is 0.629. The number of rotatable bonds is 6. The summed E-state index contributed by atoms with van der Waals surface area (Å²) < 4.78 is 7.58. The number of benzene rings is 2. The highest BCUT2D eigenvalue weighted by Gasteiger charge is 2.08.